The molecule has 0 aliphatic heterocycles. The molecule has 0 aliphatic rings. The van der Waals surface area contributed by atoms with E-state index in [2.05, 4.69) is 0 Å². The van der Waals surface area contributed by atoms with Gasteiger partial charge in [0.15, 0.2) is 11.5 Å². The van der Waals surface area contributed by atoms with Crippen LogP contribution in [0.15, 0.2) is 42.7 Å². The molecular weight excluding hydrogens is 368 g/mol. The van der Waals surface area contributed by atoms with Crippen LogP contribution in [0.1, 0.15) is 11.1 Å². The fourth-order valence-electron chi connectivity index (χ4n) is 2.74. The zero-order chi connectivity index (χ0) is 20.7. The van der Waals surface area contributed by atoms with Crippen LogP contribution in [0.2, 0.25) is 0 Å². The average molecular weight is 386 g/mol. The second kappa shape index (κ2) is 9.17. The third-order valence-corrected chi connectivity index (χ3v) is 3.84. The van der Waals surface area contributed by atoms with E-state index in [0.717, 1.165) is 12.4 Å². The molecule has 146 valence electrons. The number of hydrogen-bond acceptors (Lipinski definition) is 7. The molecule has 2 aromatic rings. The molecule has 28 heavy (non-hydrogen) atoms. The van der Waals surface area contributed by atoms with Crippen LogP contribution in [0, 0.1) is 20.2 Å². The van der Waals surface area contributed by atoms with Gasteiger partial charge in [0.2, 0.25) is 18.1 Å². The Morgan fingerprint density at radius 3 is 1.93 bits per heavy atom. The Morgan fingerprint density at radius 1 is 0.821 bits per heavy atom. The molecule has 0 spiro atoms. The molecule has 0 unspecified atom stereocenters. The number of nitro groups is 2. The van der Waals surface area contributed by atoms with Crippen molar-refractivity contribution in [1.82, 2.24) is 0 Å². The van der Waals surface area contributed by atoms with Crippen LogP contribution in [0.5, 0.6) is 17.2 Å². The van der Waals surface area contributed by atoms with Gasteiger partial charge in [0.1, 0.15) is 0 Å². The van der Waals surface area contributed by atoms with Crippen LogP contribution >= 0.6 is 0 Å². The van der Waals surface area contributed by atoms with Crippen molar-refractivity contribution < 1.29 is 24.1 Å². The fourth-order valence-corrected chi connectivity index (χ4v) is 2.74. The van der Waals surface area contributed by atoms with Crippen LogP contribution in [-0.2, 0) is 0 Å². The van der Waals surface area contributed by atoms with E-state index in [-0.39, 0.29) is 5.75 Å². The van der Waals surface area contributed by atoms with Crippen molar-refractivity contribution in [2.24, 2.45) is 0 Å². The Balaban J connectivity index is 2.88. The summed E-state index contributed by atoms with van der Waals surface area (Å²) in [5, 5.41) is 21.6. The van der Waals surface area contributed by atoms with Crippen molar-refractivity contribution in [3.05, 3.63) is 74.1 Å². The second-order valence-corrected chi connectivity index (χ2v) is 5.40. The van der Waals surface area contributed by atoms with Gasteiger partial charge < -0.3 is 14.2 Å². The molecule has 0 radical (unpaired) electrons. The summed E-state index contributed by atoms with van der Waals surface area (Å²) in [4.78, 5) is 20.4. The summed E-state index contributed by atoms with van der Waals surface area (Å²) in [6.45, 7) is 0. The van der Waals surface area contributed by atoms with E-state index < -0.39 is 9.85 Å². The summed E-state index contributed by atoms with van der Waals surface area (Å²) in [6.07, 6.45) is 4.25. The van der Waals surface area contributed by atoms with Gasteiger partial charge in [0.25, 0.3) is 0 Å². The van der Waals surface area contributed by atoms with Gasteiger partial charge >= 0.3 is 0 Å². The van der Waals surface area contributed by atoms with E-state index in [1.54, 1.807) is 30.3 Å². The Labute approximate surface area is 160 Å². The van der Waals surface area contributed by atoms with E-state index in [0.29, 0.717) is 33.8 Å². The van der Waals surface area contributed by atoms with Gasteiger partial charge in [-0.2, -0.15) is 0 Å². The molecule has 0 bridgehead atoms. The molecule has 2 aromatic carbocycles. The molecule has 0 N–H and O–H groups in total. The van der Waals surface area contributed by atoms with Crippen molar-refractivity contribution in [3.8, 4) is 28.4 Å². The van der Waals surface area contributed by atoms with Crippen molar-refractivity contribution in [1.29, 1.82) is 0 Å². The number of rotatable bonds is 8. The summed E-state index contributed by atoms with van der Waals surface area (Å²) in [7, 11) is 4.30. The van der Waals surface area contributed by atoms with Gasteiger partial charge in [-0.3, -0.25) is 20.2 Å². The van der Waals surface area contributed by atoms with Crippen LogP contribution < -0.4 is 14.2 Å². The normalized spacial score (nSPS) is 11.0. The number of hydrogen-bond donors (Lipinski definition) is 0. The molecule has 9 nitrogen and oxygen atoms in total. The van der Waals surface area contributed by atoms with Crippen LogP contribution in [-0.4, -0.2) is 31.2 Å². The minimum atomic E-state index is -0.592. The average Bonchev–Trinajstić information content (AvgIpc) is 2.69. The zero-order valence-electron chi connectivity index (χ0n) is 15.4. The summed E-state index contributed by atoms with van der Waals surface area (Å²) in [5.41, 5.74) is 2.00. The SMILES string of the molecule is COc1cc(/C=C/[N+](=O)[O-])c(-c2ccccc2/C=C/[N+](=O)[O-])c(OC)c1OC. The molecule has 0 fully saturated rings. The molecule has 9 heteroatoms. The third-order valence-electron chi connectivity index (χ3n) is 3.84. The van der Waals surface area contributed by atoms with Gasteiger partial charge in [-0.1, -0.05) is 24.3 Å². The number of benzene rings is 2. The number of ether oxygens (including phenoxy) is 3. The fraction of sp³-hybridized carbons (Fsp3) is 0.158. The van der Waals surface area contributed by atoms with Gasteiger partial charge in [-0.25, -0.2) is 0 Å². The van der Waals surface area contributed by atoms with E-state index in [1.807, 2.05) is 0 Å². The van der Waals surface area contributed by atoms with Gasteiger partial charge in [0, 0.05) is 17.7 Å². The first-order valence-electron chi connectivity index (χ1n) is 7.98. The molecule has 0 amide bonds. The van der Waals surface area contributed by atoms with E-state index in [4.69, 9.17) is 14.2 Å². The lowest BCUT2D eigenvalue weighted by Crippen LogP contribution is -2.00. The molecule has 0 aliphatic carbocycles. The van der Waals surface area contributed by atoms with E-state index in [1.165, 1.54) is 33.5 Å². The topological polar surface area (TPSA) is 114 Å². The summed E-state index contributed by atoms with van der Waals surface area (Å²) in [5.74, 6) is 0.905. The van der Waals surface area contributed by atoms with Crippen molar-refractivity contribution in [2.45, 2.75) is 0 Å². The number of methoxy groups -OCH3 is 3. The lowest BCUT2D eigenvalue weighted by Gasteiger charge is -2.19. The molecular formula is C19H18N2O7. The molecule has 0 atom stereocenters. The minimum Gasteiger partial charge on any atom is -0.493 e. The summed E-state index contributed by atoms with van der Waals surface area (Å²) in [6, 6.07) is 8.46. The molecule has 0 heterocycles. The predicted octanol–water partition coefficient (Wildman–Crippen LogP) is 3.87. The Bertz CT molecular complexity index is 952. The lowest BCUT2D eigenvalue weighted by molar-refractivity contribution is -0.401. The van der Waals surface area contributed by atoms with Gasteiger partial charge in [-0.05, 0) is 22.8 Å². The highest BCUT2D eigenvalue weighted by atomic mass is 16.6. The first kappa shape index (κ1) is 20.4. The van der Waals surface area contributed by atoms with Crippen LogP contribution in [0.25, 0.3) is 23.3 Å². The van der Waals surface area contributed by atoms with Gasteiger partial charge in [0.05, 0.1) is 31.2 Å². The highest BCUT2D eigenvalue weighted by Gasteiger charge is 2.22. The Morgan fingerprint density at radius 2 is 1.39 bits per heavy atom. The monoisotopic (exact) mass is 386 g/mol. The third kappa shape index (κ3) is 4.44. The van der Waals surface area contributed by atoms with Crippen LogP contribution in [0.3, 0.4) is 0 Å². The molecule has 0 saturated heterocycles. The maximum Gasteiger partial charge on any atom is 0.235 e. The van der Waals surface area contributed by atoms with E-state index >= 15 is 0 Å². The maximum absolute atomic E-state index is 10.8. The van der Waals surface area contributed by atoms with E-state index in [9.17, 15) is 20.2 Å². The lowest BCUT2D eigenvalue weighted by atomic mass is 9.93. The molecule has 0 aromatic heterocycles. The van der Waals surface area contributed by atoms with Crippen molar-refractivity contribution in [2.75, 3.05) is 21.3 Å². The highest BCUT2D eigenvalue weighted by molar-refractivity contribution is 5.88. The number of nitrogens with zero attached hydrogens (tertiary/aromatic N) is 2. The molecule has 2 rings (SSSR count). The molecule has 0 saturated carbocycles. The Kier molecular flexibility index (Phi) is 6.69. The second-order valence-electron chi connectivity index (χ2n) is 5.40. The first-order chi connectivity index (χ1) is 13.4. The van der Waals surface area contributed by atoms with Crippen molar-refractivity contribution >= 4 is 12.2 Å². The summed E-state index contributed by atoms with van der Waals surface area (Å²) < 4.78 is 16.2. The largest absolute Gasteiger partial charge is 0.493 e. The quantitative estimate of drug-likeness (QED) is 0.499. The Hall–Kier alpha value is -3.88. The zero-order valence-corrected chi connectivity index (χ0v) is 15.4. The van der Waals surface area contributed by atoms with Gasteiger partial charge in [-0.15, -0.1) is 0 Å². The maximum atomic E-state index is 10.8. The minimum absolute atomic E-state index is 0.284. The first-order valence-corrected chi connectivity index (χ1v) is 7.98. The predicted molar refractivity (Wildman–Crippen MR) is 104 cm³/mol. The smallest absolute Gasteiger partial charge is 0.235 e. The van der Waals surface area contributed by atoms with Crippen LogP contribution in [0.4, 0.5) is 0 Å². The highest BCUT2D eigenvalue weighted by Crippen LogP contribution is 2.48. The standard InChI is InChI=1S/C19H18N2O7/c1-26-16-12-14(9-11-21(24)25)17(19(28-3)18(16)27-2)15-7-5-4-6-13(15)8-10-20(22)23/h4-12H,1-3H3/b10-8+,11-9+. The summed E-state index contributed by atoms with van der Waals surface area (Å²) >= 11 is 0. The van der Waals surface area contributed by atoms with Crippen molar-refractivity contribution in [3.63, 3.8) is 0 Å².